The number of hydrogen-bond acceptors (Lipinski definition) is 4. The van der Waals surface area contributed by atoms with Crippen molar-refractivity contribution in [1.29, 1.82) is 0 Å². The summed E-state index contributed by atoms with van der Waals surface area (Å²) in [6.45, 7) is 4.50. The number of amides is 1. The first-order valence-electron chi connectivity index (χ1n) is 5.67. The molecule has 0 aromatic carbocycles. The molecule has 2 N–H and O–H groups in total. The third kappa shape index (κ3) is 3.96. The van der Waals surface area contributed by atoms with Crippen molar-refractivity contribution >= 4 is 34.5 Å². The minimum absolute atomic E-state index is 0.00505. The summed E-state index contributed by atoms with van der Waals surface area (Å²) >= 11 is 6.23. The van der Waals surface area contributed by atoms with Crippen molar-refractivity contribution in [2.24, 2.45) is 5.73 Å². The number of rotatable bonds is 6. The van der Waals surface area contributed by atoms with E-state index in [0.29, 0.717) is 28.6 Å². The molecule has 0 atom stereocenters. The van der Waals surface area contributed by atoms with Crippen LogP contribution in [0.4, 0.5) is 0 Å². The Hall–Kier alpha value is -1.14. The fourth-order valence-electron chi connectivity index (χ4n) is 1.50. The van der Waals surface area contributed by atoms with E-state index in [2.05, 4.69) is 0 Å². The van der Waals surface area contributed by atoms with Gasteiger partial charge in [-0.15, -0.1) is 11.3 Å². The Kier molecular flexibility index (Phi) is 5.55. The Morgan fingerprint density at radius 1 is 1.61 bits per heavy atom. The van der Waals surface area contributed by atoms with Crippen LogP contribution in [-0.2, 0) is 0 Å². The van der Waals surface area contributed by atoms with Crippen LogP contribution >= 0.6 is 23.6 Å². The zero-order valence-corrected chi connectivity index (χ0v) is 12.4. The van der Waals surface area contributed by atoms with E-state index >= 15 is 0 Å². The Bertz CT molecular complexity index is 429. The maximum atomic E-state index is 12.3. The molecule has 0 spiro atoms. The number of carbonyl (C=O) groups is 1. The van der Waals surface area contributed by atoms with Crippen LogP contribution in [-0.4, -0.2) is 35.5 Å². The lowest BCUT2D eigenvalue weighted by molar-refractivity contribution is 0.0716. The first kappa shape index (κ1) is 14.9. The van der Waals surface area contributed by atoms with Crippen molar-refractivity contribution in [2.45, 2.75) is 26.3 Å². The molecule has 4 nitrogen and oxygen atoms in total. The monoisotopic (exact) mass is 286 g/mol. The van der Waals surface area contributed by atoms with Crippen LogP contribution < -0.4 is 10.5 Å². The van der Waals surface area contributed by atoms with E-state index in [1.54, 1.807) is 18.1 Å². The first-order valence-corrected chi connectivity index (χ1v) is 6.96. The third-order valence-electron chi connectivity index (χ3n) is 2.51. The molecular formula is C12H18N2O2S2. The zero-order valence-electron chi connectivity index (χ0n) is 10.8. The summed E-state index contributed by atoms with van der Waals surface area (Å²) in [5.41, 5.74) is 5.48. The molecule has 1 aromatic heterocycles. The number of methoxy groups -OCH3 is 1. The molecule has 0 aliphatic rings. The molecule has 6 heteroatoms. The molecule has 1 amide bonds. The average molecular weight is 286 g/mol. The highest BCUT2D eigenvalue weighted by atomic mass is 32.1. The highest BCUT2D eigenvalue weighted by molar-refractivity contribution is 7.80. The highest BCUT2D eigenvalue weighted by Gasteiger charge is 2.20. The van der Waals surface area contributed by atoms with Gasteiger partial charge in [0, 0.05) is 30.5 Å². The SMILES string of the molecule is COc1csc(C(=O)N(CCC(N)=S)C(C)C)c1. The third-order valence-corrected chi connectivity index (χ3v) is 3.61. The smallest absolute Gasteiger partial charge is 0.264 e. The molecule has 1 rings (SSSR count). The van der Waals surface area contributed by atoms with Gasteiger partial charge in [-0.3, -0.25) is 4.79 Å². The summed E-state index contributed by atoms with van der Waals surface area (Å²) in [5, 5.41) is 1.82. The van der Waals surface area contributed by atoms with Crippen LogP contribution in [0.2, 0.25) is 0 Å². The number of ether oxygens (including phenoxy) is 1. The lowest BCUT2D eigenvalue weighted by atomic mass is 10.2. The van der Waals surface area contributed by atoms with Crippen LogP contribution in [0.3, 0.4) is 0 Å². The van der Waals surface area contributed by atoms with E-state index in [1.165, 1.54) is 11.3 Å². The Labute approximate surface area is 117 Å². The summed E-state index contributed by atoms with van der Waals surface area (Å²) in [5.74, 6) is 0.705. The van der Waals surface area contributed by atoms with Crippen LogP contribution in [0.15, 0.2) is 11.4 Å². The van der Waals surface area contributed by atoms with Gasteiger partial charge in [0.15, 0.2) is 0 Å². The fraction of sp³-hybridized carbons (Fsp3) is 0.500. The molecule has 0 aliphatic carbocycles. The molecule has 0 bridgehead atoms. The van der Waals surface area contributed by atoms with E-state index < -0.39 is 0 Å². The normalized spacial score (nSPS) is 10.4. The quantitative estimate of drug-likeness (QED) is 0.815. The molecule has 1 aromatic rings. The number of thiophene rings is 1. The molecule has 0 aliphatic heterocycles. The van der Waals surface area contributed by atoms with Crippen molar-refractivity contribution in [2.75, 3.05) is 13.7 Å². The van der Waals surface area contributed by atoms with Gasteiger partial charge < -0.3 is 15.4 Å². The summed E-state index contributed by atoms with van der Waals surface area (Å²) in [4.78, 5) is 15.2. The average Bonchev–Trinajstić information content (AvgIpc) is 2.76. The van der Waals surface area contributed by atoms with Crippen molar-refractivity contribution in [3.8, 4) is 5.75 Å². The second-order valence-corrected chi connectivity index (χ2v) is 5.59. The Morgan fingerprint density at radius 2 is 2.28 bits per heavy atom. The maximum absolute atomic E-state index is 12.3. The largest absolute Gasteiger partial charge is 0.496 e. The van der Waals surface area contributed by atoms with Gasteiger partial charge in [-0.25, -0.2) is 0 Å². The summed E-state index contributed by atoms with van der Waals surface area (Å²) in [6.07, 6.45) is 0.543. The molecule has 18 heavy (non-hydrogen) atoms. The van der Waals surface area contributed by atoms with Gasteiger partial charge in [-0.2, -0.15) is 0 Å². The van der Waals surface area contributed by atoms with Crippen LogP contribution in [0.25, 0.3) is 0 Å². The van der Waals surface area contributed by atoms with E-state index in [0.717, 1.165) is 0 Å². The molecule has 0 fully saturated rings. The van der Waals surface area contributed by atoms with Gasteiger partial charge in [-0.1, -0.05) is 12.2 Å². The zero-order chi connectivity index (χ0) is 13.7. The van der Waals surface area contributed by atoms with Crippen LogP contribution in [0.1, 0.15) is 29.9 Å². The van der Waals surface area contributed by atoms with Gasteiger partial charge in [0.1, 0.15) is 5.75 Å². The molecule has 0 radical (unpaired) electrons. The highest BCUT2D eigenvalue weighted by Crippen LogP contribution is 2.23. The predicted molar refractivity (Wildman–Crippen MR) is 78.4 cm³/mol. The lowest BCUT2D eigenvalue weighted by Gasteiger charge is -2.26. The second-order valence-electron chi connectivity index (χ2n) is 4.16. The molecule has 100 valence electrons. The summed E-state index contributed by atoms with van der Waals surface area (Å²) < 4.78 is 5.08. The summed E-state index contributed by atoms with van der Waals surface area (Å²) in [7, 11) is 1.59. The van der Waals surface area contributed by atoms with E-state index in [4.69, 9.17) is 22.7 Å². The molecule has 0 saturated carbocycles. The Morgan fingerprint density at radius 3 is 2.72 bits per heavy atom. The van der Waals surface area contributed by atoms with Gasteiger partial charge >= 0.3 is 0 Å². The number of nitrogens with zero attached hydrogens (tertiary/aromatic N) is 1. The second kappa shape index (κ2) is 6.70. The molecule has 0 unspecified atom stereocenters. The number of nitrogens with two attached hydrogens (primary N) is 1. The predicted octanol–water partition coefficient (Wildman–Crippen LogP) is 2.28. The lowest BCUT2D eigenvalue weighted by Crippen LogP contribution is -2.38. The van der Waals surface area contributed by atoms with E-state index in [-0.39, 0.29) is 11.9 Å². The minimum atomic E-state index is -0.00505. The molecule has 1 heterocycles. The van der Waals surface area contributed by atoms with Gasteiger partial charge in [0.25, 0.3) is 5.91 Å². The fourth-order valence-corrected chi connectivity index (χ4v) is 2.41. The molecular weight excluding hydrogens is 268 g/mol. The first-order chi connectivity index (χ1) is 8.45. The van der Waals surface area contributed by atoms with Gasteiger partial charge in [0.05, 0.1) is 17.0 Å². The van der Waals surface area contributed by atoms with Crippen molar-refractivity contribution < 1.29 is 9.53 Å². The molecule has 0 saturated heterocycles. The number of thiocarbonyl (C=S) groups is 1. The number of hydrogen-bond donors (Lipinski definition) is 1. The Balaban J connectivity index is 2.78. The summed E-state index contributed by atoms with van der Waals surface area (Å²) in [6, 6.07) is 1.86. The van der Waals surface area contributed by atoms with Crippen LogP contribution in [0, 0.1) is 0 Å². The van der Waals surface area contributed by atoms with Crippen molar-refractivity contribution in [3.63, 3.8) is 0 Å². The van der Waals surface area contributed by atoms with Crippen LogP contribution in [0.5, 0.6) is 5.75 Å². The standard InChI is InChI=1S/C12H18N2O2S2/c1-8(2)14(5-4-11(13)17)12(15)10-6-9(16-3)7-18-10/h6-8H,4-5H2,1-3H3,(H2,13,17). The van der Waals surface area contributed by atoms with Crippen molar-refractivity contribution in [1.82, 2.24) is 4.90 Å². The van der Waals surface area contributed by atoms with E-state index in [1.807, 2.05) is 19.2 Å². The topological polar surface area (TPSA) is 55.6 Å². The maximum Gasteiger partial charge on any atom is 0.264 e. The van der Waals surface area contributed by atoms with Crippen molar-refractivity contribution in [3.05, 3.63) is 16.3 Å². The minimum Gasteiger partial charge on any atom is -0.496 e. The number of carbonyl (C=O) groups excluding carboxylic acids is 1. The van der Waals surface area contributed by atoms with Gasteiger partial charge in [-0.05, 0) is 13.8 Å². The van der Waals surface area contributed by atoms with E-state index in [9.17, 15) is 4.79 Å². The van der Waals surface area contributed by atoms with Gasteiger partial charge in [0.2, 0.25) is 0 Å².